The van der Waals surface area contributed by atoms with Gasteiger partial charge in [0, 0.05) is 0 Å². The standard InChI is InChI=1S/C21H25.C9H11.C6H5.C5H5.CH2.Hf/c1-20(2,3)16-7-9-18-14(12-16)11-15-13-17(21(4,5)6)8-10-19(15)18;1-2-6-9-7-4-3-5-8-9;1-2-4-6-5-3-1;1-2-4-5-3-1;;/h7-13H,1-6H3;3-5,7-8H,1-2,6H2;1-5H;1-5H;1H2;. The van der Waals surface area contributed by atoms with Crippen LogP contribution >= 0.6 is 0 Å². The summed E-state index contributed by atoms with van der Waals surface area (Å²) >= 11 is -4.57. The molecule has 0 heterocycles. The van der Waals surface area contributed by atoms with E-state index in [2.05, 4.69) is 163 Å². The number of rotatable bonds is 7. The fourth-order valence-electron chi connectivity index (χ4n) is 8.11. The average molecular weight is 731 g/mol. The molecular formula is C42H48Hf. The molecule has 0 unspecified atom stereocenters. The Bertz CT molecular complexity index is 1680. The molecule has 0 atom stereocenters. The van der Waals surface area contributed by atoms with Crippen molar-refractivity contribution in [2.24, 2.45) is 0 Å². The number of fused-ring (bicyclic) bond motifs is 3. The van der Waals surface area contributed by atoms with Crippen molar-refractivity contribution < 1.29 is 18.0 Å². The molecular weight excluding hydrogens is 683 g/mol. The van der Waals surface area contributed by atoms with Crippen molar-refractivity contribution in [3.05, 3.63) is 149 Å². The Kier molecular flexibility index (Phi) is 7.65. The summed E-state index contributed by atoms with van der Waals surface area (Å²) in [6.45, 7) is 14.1. The first-order valence-electron chi connectivity index (χ1n) is 16.2. The second-order valence-electron chi connectivity index (χ2n) is 15.4. The molecule has 1 heteroatoms. The van der Waals surface area contributed by atoms with Gasteiger partial charge in [0.2, 0.25) is 0 Å². The van der Waals surface area contributed by atoms with Crippen LogP contribution in [0.15, 0.2) is 121 Å². The fraction of sp³-hybridized carbons (Fsp3) is 0.310. The maximum atomic E-state index is 5.76. The quantitative estimate of drug-likeness (QED) is 0.166. The molecule has 0 amide bonds. The summed E-state index contributed by atoms with van der Waals surface area (Å²) in [4.78, 5) is 0. The number of hydrogen-bond acceptors (Lipinski definition) is 0. The predicted molar refractivity (Wildman–Crippen MR) is 186 cm³/mol. The third-order valence-electron chi connectivity index (χ3n) is 10.6. The Balaban J connectivity index is 1.67. The van der Waals surface area contributed by atoms with E-state index >= 15 is 0 Å². The van der Waals surface area contributed by atoms with Crippen LogP contribution in [0.2, 0.25) is 7.85 Å². The molecule has 0 aromatic heterocycles. The zero-order valence-corrected chi connectivity index (χ0v) is 30.6. The third kappa shape index (κ3) is 5.16. The van der Waals surface area contributed by atoms with E-state index in [1.54, 1.807) is 3.32 Å². The fourth-order valence-corrected chi connectivity index (χ4v) is 34.3. The van der Waals surface area contributed by atoms with E-state index in [0.29, 0.717) is 7.35 Å². The monoisotopic (exact) mass is 732 g/mol. The minimum absolute atomic E-state index is 0.0751. The van der Waals surface area contributed by atoms with Gasteiger partial charge in [-0.2, -0.15) is 0 Å². The molecule has 6 rings (SSSR count). The first kappa shape index (κ1) is 30.1. The van der Waals surface area contributed by atoms with Crippen LogP contribution in [-0.2, 0) is 35.3 Å². The van der Waals surface area contributed by atoms with Crippen molar-refractivity contribution in [1.29, 1.82) is 0 Å². The van der Waals surface area contributed by atoms with Crippen molar-refractivity contribution in [1.82, 2.24) is 0 Å². The topological polar surface area (TPSA) is 0 Å². The van der Waals surface area contributed by atoms with Crippen LogP contribution in [0.5, 0.6) is 0 Å². The number of hydrogen-bond donors (Lipinski definition) is 0. The van der Waals surface area contributed by atoms with Crippen LogP contribution in [0.3, 0.4) is 0 Å². The maximum absolute atomic E-state index is 5.76. The summed E-state index contributed by atoms with van der Waals surface area (Å²) in [6.07, 6.45) is 11.8. The van der Waals surface area contributed by atoms with E-state index < -0.39 is 18.0 Å². The Morgan fingerprint density at radius 3 is 1.60 bits per heavy atom. The second-order valence-corrected chi connectivity index (χ2v) is 37.2. The first-order chi connectivity index (χ1) is 20.4. The van der Waals surface area contributed by atoms with Crippen molar-refractivity contribution in [3.63, 3.8) is 0 Å². The van der Waals surface area contributed by atoms with Gasteiger partial charge in [0.1, 0.15) is 0 Å². The van der Waals surface area contributed by atoms with E-state index in [0.717, 1.165) is 12.8 Å². The number of allylic oxidation sites excluding steroid dienone is 4. The van der Waals surface area contributed by atoms with Gasteiger partial charge in [0.25, 0.3) is 0 Å². The zero-order chi connectivity index (χ0) is 30.5. The molecule has 2 aliphatic rings. The first-order valence-corrected chi connectivity index (χ1v) is 27.2. The summed E-state index contributed by atoms with van der Waals surface area (Å²) in [5.41, 5.74) is 10.3. The van der Waals surface area contributed by atoms with Crippen LogP contribution in [0.4, 0.5) is 0 Å². The molecule has 0 aliphatic heterocycles. The van der Waals surface area contributed by atoms with Gasteiger partial charge in [-0.1, -0.05) is 0 Å². The molecule has 0 spiro atoms. The Morgan fingerprint density at radius 2 is 1.12 bits per heavy atom. The molecule has 43 heavy (non-hydrogen) atoms. The molecule has 4 aromatic rings. The van der Waals surface area contributed by atoms with Crippen molar-refractivity contribution >= 4 is 7.58 Å². The minimum atomic E-state index is -4.57. The van der Waals surface area contributed by atoms with E-state index in [-0.39, 0.29) is 10.8 Å². The van der Waals surface area contributed by atoms with E-state index in [1.807, 2.05) is 0 Å². The molecule has 0 saturated carbocycles. The van der Waals surface area contributed by atoms with E-state index in [1.165, 1.54) is 43.1 Å². The number of benzene rings is 4. The molecule has 0 N–H and O–H groups in total. The summed E-state index contributed by atoms with van der Waals surface area (Å²) < 4.78 is 9.16. The third-order valence-corrected chi connectivity index (χ3v) is 37.4. The van der Waals surface area contributed by atoms with Gasteiger partial charge in [0.05, 0.1) is 0 Å². The van der Waals surface area contributed by atoms with E-state index in [4.69, 9.17) is 4.26 Å². The normalized spacial score (nSPS) is 15.6. The number of aryl methyl sites for hydroxylation is 1. The molecule has 0 radical (unpaired) electrons. The summed E-state index contributed by atoms with van der Waals surface area (Å²) in [5, 5.41) is 0. The molecule has 0 fully saturated rings. The molecule has 0 bridgehead atoms. The summed E-state index contributed by atoms with van der Waals surface area (Å²) in [7, 11) is 0. The van der Waals surface area contributed by atoms with Crippen molar-refractivity contribution in [3.8, 4) is 11.1 Å². The van der Waals surface area contributed by atoms with Crippen LogP contribution < -0.4 is 3.32 Å². The molecule has 2 aliphatic carbocycles. The van der Waals surface area contributed by atoms with Crippen molar-refractivity contribution in [2.75, 3.05) is 0 Å². The summed E-state index contributed by atoms with van der Waals surface area (Å²) in [5.74, 6) is 0. The van der Waals surface area contributed by atoms with Gasteiger partial charge in [-0.15, -0.1) is 0 Å². The van der Waals surface area contributed by atoms with Gasteiger partial charge in [-0.05, 0) is 0 Å². The van der Waals surface area contributed by atoms with Gasteiger partial charge >= 0.3 is 263 Å². The van der Waals surface area contributed by atoms with Crippen molar-refractivity contribution in [2.45, 2.75) is 76.7 Å². The van der Waals surface area contributed by atoms with Crippen LogP contribution in [0.1, 0.15) is 79.5 Å². The van der Waals surface area contributed by atoms with Gasteiger partial charge in [0.15, 0.2) is 0 Å². The molecule has 0 nitrogen and oxygen atoms in total. The predicted octanol–water partition coefficient (Wildman–Crippen LogP) is 10.8. The molecule has 220 valence electrons. The van der Waals surface area contributed by atoms with Crippen LogP contribution in [0.25, 0.3) is 11.1 Å². The Morgan fingerprint density at radius 1 is 0.628 bits per heavy atom. The van der Waals surface area contributed by atoms with Crippen LogP contribution in [0, 0.1) is 0 Å². The zero-order valence-electron chi connectivity index (χ0n) is 27.0. The Hall–Kier alpha value is -2.90. The van der Waals surface area contributed by atoms with Gasteiger partial charge < -0.3 is 0 Å². The Labute approximate surface area is 261 Å². The van der Waals surface area contributed by atoms with Gasteiger partial charge in [-0.3, -0.25) is 0 Å². The molecule has 0 saturated heterocycles. The second kappa shape index (κ2) is 10.9. The SMILES string of the molecule is [CH2]=[Hf]([CH2]CCc1ccccc1)([c]1ccccc1)([CH]1C=CC=C1)[CH]1c2cc(C(C)(C)C)ccc2-c2ccc(C(C)(C)C)cc21. The van der Waals surface area contributed by atoms with Gasteiger partial charge in [-0.25, -0.2) is 0 Å². The summed E-state index contributed by atoms with van der Waals surface area (Å²) in [6, 6.07) is 37.5. The van der Waals surface area contributed by atoms with Crippen LogP contribution in [-0.4, -0.2) is 4.26 Å². The molecule has 4 aromatic carbocycles. The average Bonchev–Trinajstić information content (AvgIpc) is 3.65. The van der Waals surface area contributed by atoms with E-state index in [9.17, 15) is 0 Å².